The molecule has 0 bridgehead atoms. The van der Waals surface area contributed by atoms with Crippen molar-refractivity contribution in [2.45, 2.75) is 29.5 Å². The molecule has 1 N–H and O–H groups in total. The van der Waals surface area contributed by atoms with Gasteiger partial charge in [0.05, 0.1) is 10.7 Å². The quantitative estimate of drug-likeness (QED) is 0.876. The molecule has 2 aromatic rings. The molecule has 1 saturated heterocycles. The molecule has 128 valence electrons. The minimum Gasteiger partial charge on any atom is -0.323 e. The number of benzene rings is 1. The molecule has 8 heteroatoms. The summed E-state index contributed by atoms with van der Waals surface area (Å²) >= 11 is 7.23. The number of amides is 1. The molecular formula is C16H17ClN2O3S2. The lowest BCUT2D eigenvalue weighted by molar-refractivity contribution is -0.120. The number of para-hydroxylation sites is 1. The van der Waals surface area contributed by atoms with E-state index in [1.807, 2.05) is 0 Å². The average molecular weight is 385 g/mol. The SMILES string of the molecule is O=C(Nc1ccccc1Cl)C1CCCCN1S(=O)(=O)c1cccs1. The van der Waals surface area contributed by atoms with Crippen LogP contribution < -0.4 is 5.32 Å². The molecule has 0 spiro atoms. The number of carbonyl (C=O) groups excluding carboxylic acids is 1. The Kier molecular flexibility index (Phi) is 5.24. The average Bonchev–Trinajstić information content (AvgIpc) is 3.12. The minimum atomic E-state index is -3.66. The van der Waals surface area contributed by atoms with Crippen LogP contribution in [0.3, 0.4) is 0 Å². The van der Waals surface area contributed by atoms with E-state index in [0.29, 0.717) is 23.7 Å². The monoisotopic (exact) mass is 384 g/mol. The number of thiophene rings is 1. The number of hydrogen-bond donors (Lipinski definition) is 1. The Bertz CT molecular complexity index is 822. The molecule has 1 unspecified atom stereocenters. The second-order valence-electron chi connectivity index (χ2n) is 5.53. The smallest absolute Gasteiger partial charge is 0.253 e. The fraction of sp³-hybridized carbons (Fsp3) is 0.312. The molecule has 0 saturated carbocycles. The van der Waals surface area contributed by atoms with Gasteiger partial charge in [0.25, 0.3) is 10.0 Å². The van der Waals surface area contributed by atoms with Crippen LogP contribution in [0.1, 0.15) is 19.3 Å². The normalized spacial score (nSPS) is 19.1. The predicted molar refractivity (Wildman–Crippen MR) is 95.9 cm³/mol. The topological polar surface area (TPSA) is 66.5 Å². The fourth-order valence-corrected chi connectivity index (χ4v) is 5.72. The highest BCUT2D eigenvalue weighted by Gasteiger charge is 2.38. The third-order valence-corrected chi connectivity index (χ3v) is 7.56. The fourth-order valence-electron chi connectivity index (χ4n) is 2.76. The second-order valence-corrected chi connectivity index (χ2v) is 9.00. The third-order valence-electron chi connectivity index (χ3n) is 3.95. The number of anilines is 1. The van der Waals surface area contributed by atoms with Crippen molar-refractivity contribution in [1.29, 1.82) is 0 Å². The number of nitrogens with one attached hydrogen (secondary N) is 1. The maximum atomic E-state index is 12.8. The third kappa shape index (κ3) is 3.49. The van der Waals surface area contributed by atoms with Gasteiger partial charge in [-0.2, -0.15) is 4.31 Å². The Morgan fingerprint density at radius 2 is 2.00 bits per heavy atom. The summed E-state index contributed by atoms with van der Waals surface area (Å²) in [5.41, 5.74) is 0.489. The first-order chi connectivity index (χ1) is 11.5. The number of rotatable bonds is 4. The lowest BCUT2D eigenvalue weighted by atomic mass is 10.0. The standard InChI is InChI=1S/C16H17ClN2O3S2/c17-12-6-1-2-7-13(12)18-16(20)14-8-3-4-10-19(14)24(21,22)15-9-5-11-23-15/h1-2,5-7,9,11,14H,3-4,8,10H2,(H,18,20). The van der Waals surface area contributed by atoms with E-state index in [1.54, 1.807) is 41.8 Å². The molecule has 1 aromatic carbocycles. The lowest BCUT2D eigenvalue weighted by Crippen LogP contribution is -2.49. The van der Waals surface area contributed by atoms with Gasteiger partial charge in [-0.1, -0.05) is 36.2 Å². The minimum absolute atomic E-state index is 0.264. The summed E-state index contributed by atoms with van der Waals surface area (Å²) in [4.78, 5) is 12.7. The van der Waals surface area contributed by atoms with E-state index in [1.165, 1.54) is 4.31 Å². The second kappa shape index (κ2) is 7.23. The summed E-state index contributed by atoms with van der Waals surface area (Å²) in [5, 5.41) is 4.90. The highest BCUT2D eigenvalue weighted by Crippen LogP contribution is 2.29. The van der Waals surface area contributed by atoms with Crippen molar-refractivity contribution in [1.82, 2.24) is 4.31 Å². The van der Waals surface area contributed by atoms with Crippen molar-refractivity contribution < 1.29 is 13.2 Å². The Balaban J connectivity index is 1.85. The van der Waals surface area contributed by atoms with Crippen LogP contribution >= 0.6 is 22.9 Å². The highest BCUT2D eigenvalue weighted by atomic mass is 35.5. The van der Waals surface area contributed by atoms with Crippen LogP contribution in [0.5, 0.6) is 0 Å². The zero-order chi connectivity index (χ0) is 17.2. The Labute approximate surface area is 150 Å². The van der Waals surface area contributed by atoms with E-state index in [2.05, 4.69) is 5.32 Å². The molecule has 3 rings (SSSR count). The van der Waals surface area contributed by atoms with E-state index in [4.69, 9.17) is 11.6 Å². The van der Waals surface area contributed by atoms with Crippen LogP contribution in [-0.2, 0) is 14.8 Å². The van der Waals surface area contributed by atoms with E-state index in [-0.39, 0.29) is 10.1 Å². The van der Waals surface area contributed by atoms with Gasteiger partial charge in [0.15, 0.2) is 0 Å². The molecule has 24 heavy (non-hydrogen) atoms. The lowest BCUT2D eigenvalue weighted by Gasteiger charge is -2.33. The van der Waals surface area contributed by atoms with E-state index in [9.17, 15) is 13.2 Å². The highest BCUT2D eigenvalue weighted by molar-refractivity contribution is 7.91. The molecule has 2 heterocycles. The van der Waals surface area contributed by atoms with Gasteiger partial charge >= 0.3 is 0 Å². The summed E-state index contributed by atoms with van der Waals surface area (Å²) in [7, 11) is -3.66. The largest absolute Gasteiger partial charge is 0.323 e. The van der Waals surface area contributed by atoms with Gasteiger partial charge in [0.2, 0.25) is 5.91 Å². The molecule has 1 aromatic heterocycles. The zero-order valence-electron chi connectivity index (χ0n) is 12.8. The van der Waals surface area contributed by atoms with Crippen molar-refractivity contribution >= 4 is 44.6 Å². The number of carbonyl (C=O) groups is 1. The van der Waals surface area contributed by atoms with Gasteiger partial charge in [-0.05, 0) is 36.4 Å². The Morgan fingerprint density at radius 1 is 1.21 bits per heavy atom. The predicted octanol–water partition coefficient (Wildman–Crippen LogP) is 3.58. The van der Waals surface area contributed by atoms with E-state index < -0.39 is 16.1 Å². The molecule has 1 fully saturated rings. The van der Waals surface area contributed by atoms with Crippen molar-refractivity contribution in [2.24, 2.45) is 0 Å². The first-order valence-electron chi connectivity index (χ1n) is 7.61. The van der Waals surface area contributed by atoms with E-state index in [0.717, 1.165) is 24.2 Å². The van der Waals surface area contributed by atoms with Gasteiger partial charge in [-0.25, -0.2) is 8.42 Å². The number of piperidine rings is 1. The first kappa shape index (κ1) is 17.4. The number of hydrogen-bond acceptors (Lipinski definition) is 4. The summed E-state index contributed by atoms with van der Waals surface area (Å²) in [5.74, 6) is -0.345. The number of nitrogens with zero attached hydrogens (tertiary/aromatic N) is 1. The first-order valence-corrected chi connectivity index (χ1v) is 10.3. The van der Waals surface area contributed by atoms with E-state index >= 15 is 0 Å². The molecule has 0 aliphatic carbocycles. The van der Waals surface area contributed by atoms with Gasteiger partial charge < -0.3 is 5.32 Å². The molecule has 1 atom stereocenters. The van der Waals surface area contributed by atoms with Crippen LogP contribution in [0.4, 0.5) is 5.69 Å². The summed E-state index contributed by atoms with van der Waals surface area (Å²) in [6.45, 7) is 0.348. The summed E-state index contributed by atoms with van der Waals surface area (Å²) < 4.78 is 27.2. The summed E-state index contributed by atoms with van der Waals surface area (Å²) in [6.07, 6.45) is 2.07. The van der Waals surface area contributed by atoms with Crippen LogP contribution in [0, 0.1) is 0 Å². The van der Waals surface area contributed by atoms with Crippen molar-refractivity contribution in [3.05, 3.63) is 46.8 Å². The van der Waals surface area contributed by atoms with Gasteiger partial charge in [0, 0.05) is 6.54 Å². The van der Waals surface area contributed by atoms with Gasteiger partial charge in [-0.3, -0.25) is 4.79 Å². The van der Waals surface area contributed by atoms with Crippen molar-refractivity contribution in [3.63, 3.8) is 0 Å². The molecule has 1 aliphatic heterocycles. The van der Waals surface area contributed by atoms with Crippen molar-refractivity contribution in [3.8, 4) is 0 Å². The van der Waals surface area contributed by atoms with Gasteiger partial charge in [-0.15, -0.1) is 11.3 Å². The molecular weight excluding hydrogens is 368 g/mol. The summed E-state index contributed by atoms with van der Waals surface area (Å²) in [6, 6.07) is 9.45. The van der Waals surface area contributed by atoms with Crippen LogP contribution in [0.2, 0.25) is 5.02 Å². The van der Waals surface area contributed by atoms with Crippen LogP contribution in [0.15, 0.2) is 46.0 Å². The molecule has 5 nitrogen and oxygen atoms in total. The molecule has 1 aliphatic rings. The maximum Gasteiger partial charge on any atom is 0.253 e. The molecule has 0 radical (unpaired) electrons. The van der Waals surface area contributed by atoms with Crippen molar-refractivity contribution in [2.75, 3.05) is 11.9 Å². The Hall–Kier alpha value is -1.41. The van der Waals surface area contributed by atoms with Crippen LogP contribution in [0.25, 0.3) is 0 Å². The molecule has 1 amide bonds. The Morgan fingerprint density at radius 3 is 2.71 bits per heavy atom. The maximum absolute atomic E-state index is 12.8. The zero-order valence-corrected chi connectivity index (χ0v) is 15.2. The number of halogens is 1. The van der Waals surface area contributed by atoms with Crippen LogP contribution in [-0.4, -0.2) is 31.2 Å². The van der Waals surface area contributed by atoms with Gasteiger partial charge in [0.1, 0.15) is 10.3 Å². The number of sulfonamides is 1.